The molecular formula is C21H31IN4O2S. The third kappa shape index (κ3) is 9.98. The van der Waals surface area contributed by atoms with Gasteiger partial charge in [-0.2, -0.15) is 0 Å². The van der Waals surface area contributed by atoms with Crippen molar-refractivity contribution in [2.24, 2.45) is 4.99 Å². The number of aryl methyl sites for hydroxylation is 1. The molecule has 0 spiro atoms. The van der Waals surface area contributed by atoms with Crippen molar-refractivity contribution >= 4 is 47.2 Å². The normalized spacial score (nSPS) is 11.9. The number of hydrogen-bond donors (Lipinski definition) is 2. The van der Waals surface area contributed by atoms with Crippen LogP contribution in [0.15, 0.2) is 46.8 Å². The molecule has 0 aliphatic rings. The molecule has 2 N–H and O–H groups in total. The largest absolute Gasteiger partial charge is 0.489 e. The Labute approximate surface area is 194 Å². The van der Waals surface area contributed by atoms with Gasteiger partial charge in [0.15, 0.2) is 5.96 Å². The summed E-state index contributed by atoms with van der Waals surface area (Å²) < 4.78 is 5.95. The fourth-order valence-electron chi connectivity index (χ4n) is 2.42. The third-order valence-electron chi connectivity index (χ3n) is 4.00. The van der Waals surface area contributed by atoms with Crippen LogP contribution in [0.25, 0.3) is 0 Å². The van der Waals surface area contributed by atoms with Gasteiger partial charge in [-0.15, -0.1) is 35.3 Å². The van der Waals surface area contributed by atoms with Crippen molar-refractivity contribution in [2.45, 2.75) is 26.4 Å². The zero-order valence-corrected chi connectivity index (χ0v) is 20.6. The summed E-state index contributed by atoms with van der Waals surface area (Å²) in [6, 6.07) is 12.2. The highest BCUT2D eigenvalue weighted by Gasteiger charge is 2.08. The van der Waals surface area contributed by atoms with E-state index in [-0.39, 0.29) is 42.5 Å². The Bertz CT molecular complexity index is 766. The van der Waals surface area contributed by atoms with Crippen LogP contribution >= 0.6 is 35.3 Å². The van der Waals surface area contributed by atoms with Gasteiger partial charge < -0.3 is 20.3 Å². The molecule has 8 heteroatoms. The van der Waals surface area contributed by atoms with E-state index in [0.29, 0.717) is 12.5 Å². The first kappa shape index (κ1) is 25.2. The van der Waals surface area contributed by atoms with E-state index in [9.17, 15) is 4.79 Å². The summed E-state index contributed by atoms with van der Waals surface area (Å²) in [7, 11) is 3.46. The Kier molecular flexibility index (Phi) is 11.7. The number of nitrogens with zero attached hydrogens (tertiary/aromatic N) is 2. The lowest BCUT2D eigenvalue weighted by molar-refractivity contribution is -0.127. The van der Waals surface area contributed by atoms with Crippen LogP contribution in [0.2, 0.25) is 0 Å². The Morgan fingerprint density at radius 2 is 2.03 bits per heavy atom. The molecule has 0 radical (unpaired) electrons. The van der Waals surface area contributed by atoms with Crippen LogP contribution in [-0.2, 0) is 11.2 Å². The summed E-state index contributed by atoms with van der Waals surface area (Å²) in [6.07, 6.45) is 0.866. The predicted octanol–water partition coefficient (Wildman–Crippen LogP) is 3.31. The number of aliphatic imine (C=N–C) groups is 1. The highest BCUT2D eigenvalue weighted by atomic mass is 127. The van der Waals surface area contributed by atoms with Gasteiger partial charge in [-0.1, -0.05) is 18.2 Å². The maximum absolute atomic E-state index is 11.9. The minimum absolute atomic E-state index is 0. The Hall–Kier alpha value is -1.81. The minimum Gasteiger partial charge on any atom is -0.489 e. The number of nitrogens with one attached hydrogen (secondary N) is 2. The van der Waals surface area contributed by atoms with Gasteiger partial charge >= 0.3 is 0 Å². The van der Waals surface area contributed by atoms with E-state index in [0.717, 1.165) is 24.3 Å². The lowest BCUT2D eigenvalue weighted by Crippen LogP contribution is -2.43. The fraction of sp³-hybridized carbons (Fsp3) is 0.429. The highest BCUT2D eigenvalue weighted by molar-refractivity contribution is 14.0. The quantitative estimate of drug-likeness (QED) is 0.297. The van der Waals surface area contributed by atoms with Crippen molar-refractivity contribution in [1.82, 2.24) is 15.5 Å². The minimum atomic E-state index is -0.0457. The smallest absolute Gasteiger partial charge is 0.243 e. The molecule has 0 saturated heterocycles. The number of rotatable bonds is 9. The Balaban J connectivity index is 0.00000420. The molecular weight excluding hydrogens is 499 g/mol. The van der Waals surface area contributed by atoms with Gasteiger partial charge in [0, 0.05) is 25.5 Å². The maximum Gasteiger partial charge on any atom is 0.243 e. The van der Waals surface area contributed by atoms with Crippen molar-refractivity contribution in [3.63, 3.8) is 0 Å². The maximum atomic E-state index is 11.9. The first-order chi connectivity index (χ1) is 13.4. The molecule has 160 valence electrons. The zero-order chi connectivity index (χ0) is 20.4. The summed E-state index contributed by atoms with van der Waals surface area (Å²) in [4.78, 5) is 19.1. The summed E-state index contributed by atoms with van der Waals surface area (Å²) in [5.74, 6) is 1.43. The average Bonchev–Trinajstić information content (AvgIpc) is 3.16. The monoisotopic (exact) mass is 530 g/mol. The van der Waals surface area contributed by atoms with Crippen molar-refractivity contribution in [3.8, 4) is 5.75 Å². The van der Waals surface area contributed by atoms with E-state index in [1.54, 1.807) is 25.4 Å². The molecule has 0 bridgehead atoms. The van der Waals surface area contributed by atoms with Crippen molar-refractivity contribution in [1.29, 1.82) is 0 Å². The van der Waals surface area contributed by atoms with E-state index in [2.05, 4.69) is 27.1 Å². The van der Waals surface area contributed by atoms with Gasteiger partial charge in [-0.25, -0.2) is 4.99 Å². The number of ether oxygens (including phenoxy) is 1. The molecule has 0 saturated carbocycles. The number of likely N-dealkylation sites (N-methyl/N-ethyl adjacent to an activating group) is 1. The van der Waals surface area contributed by atoms with E-state index in [1.807, 2.05) is 44.2 Å². The van der Waals surface area contributed by atoms with Gasteiger partial charge in [0.2, 0.25) is 5.91 Å². The second-order valence-corrected chi connectivity index (χ2v) is 7.87. The number of amides is 1. The molecule has 1 amide bonds. The number of halogens is 1. The molecule has 0 fully saturated rings. The molecule has 0 aliphatic heterocycles. The van der Waals surface area contributed by atoms with Gasteiger partial charge in [-0.05, 0) is 49.4 Å². The number of hydrogen-bond acceptors (Lipinski definition) is 4. The van der Waals surface area contributed by atoms with Gasteiger partial charge in [0.25, 0.3) is 0 Å². The van der Waals surface area contributed by atoms with Gasteiger partial charge in [0.1, 0.15) is 18.4 Å². The van der Waals surface area contributed by atoms with Crippen LogP contribution in [0.5, 0.6) is 5.75 Å². The zero-order valence-electron chi connectivity index (χ0n) is 17.5. The van der Waals surface area contributed by atoms with Crippen LogP contribution < -0.4 is 15.4 Å². The SMILES string of the molecule is Cc1cccc(OC(C)CNC(=NCC(=O)N(C)C)NCCc2cccs2)c1.I. The standard InChI is InChI=1S/C21H30N4O2S.HI/c1-16-7-5-8-18(13-16)27-17(2)14-23-21(24-15-20(26)25(3)4)22-11-10-19-9-6-12-28-19;/h5-9,12-13,17H,10-11,14-15H2,1-4H3,(H2,22,23,24);1H. The number of carbonyl (C=O) groups excluding carboxylic acids is 1. The van der Waals surface area contributed by atoms with Crippen LogP contribution in [0.1, 0.15) is 17.4 Å². The number of carbonyl (C=O) groups is 1. The molecule has 1 aromatic heterocycles. The Morgan fingerprint density at radius 3 is 2.69 bits per heavy atom. The van der Waals surface area contributed by atoms with Crippen LogP contribution in [-0.4, -0.2) is 56.6 Å². The molecule has 1 aromatic carbocycles. The molecule has 2 aromatic rings. The number of guanidine groups is 1. The van der Waals surface area contributed by atoms with E-state index in [1.165, 1.54) is 9.78 Å². The second kappa shape index (κ2) is 13.4. The lowest BCUT2D eigenvalue weighted by atomic mass is 10.2. The lowest BCUT2D eigenvalue weighted by Gasteiger charge is -2.18. The average molecular weight is 530 g/mol. The molecule has 6 nitrogen and oxygen atoms in total. The topological polar surface area (TPSA) is 66.0 Å². The van der Waals surface area contributed by atoms with E-state index >= 15 is 0 Å². The summed E-state index contributed by atoms with van der Waals surface area (Å²) in [5.41, 5.74) is 1.16. The van der Waals surface area contributed by atoms with Crippen LogP contribution in [0, 0.1) is 6.92 Å². The van der Waals surface area contributed by atoms with E-state index in [4.69, 9.17) is 4.74 Å². The predicted molar refractivity (Wildman–Crippen MR) is 132 cm³/mol. The molecule has 1 heterocycles. The first-order valence-corrected chi connectivity index (χ1v) is 10.3. The first-order valence-electron chi connectivity index (χ1n) is 9.42. The van der Waals surface area contributed by atoms with Gasteiger partial charge in [-0.3, -0.25) is 4.79 Å². The van der Waals surface area contributed by atoms with E-state index < -0.39 is 0 Å². The van der Waals surface area contributed by atoms with Gasteiger partial charge in [0.05, 0.1) is 6.54 Å². The summed E-state index contributed by atoms with van der Waals surface area (Å²) in [6.45, 7) is 5.47. The second-order valence-electron chi connectivity index (χ2n) is 6.84. The van der Waals surface area contributed by atoms with Crippen LogP contribution in [0.4, 0.5) is 0 Å². The third-order valence-corrected chi connectivity index (χ3v) is 4.94. The fourth-order valence-corrected chi connectivity index (χ4v) is 3.13. The number of thiophene rings is 1. The number of benzene rings is 1. The van der Waals surface area contributed by atoms with Crippen molar-refractivity contribution < 1.29 is 9.53 Å². The van der Waals surface area contributed by atoms with Crippen molar-refractivity contribution in [3.05, 3.63) is 52.2 Å². The highest BCUT2D eigenvalue weighted by Crippen LogP contribution is 2.13. The van der Waals surface area contributed by atoms with Crippen molar-refractivity contribution in [2.75, 3.05) is 33.7 Å². The molecule has 29 heavy (non-hydrogen) atoms. The molecule has 1 unspecified atom stereocenters. The summed E-state index contributed by atoms with van der Waals surface area (Å²) >= 11 is 1.74. The molecule has 2 rings (SSSR count). The summed E-state index contributed by atoms with van der Waals surface area (Å²) in [5, 5.41) is 8.65. The Morgan fingerprint density at radius 1 is 1.24 bits per heavy atom. The molecule has 1 atom stereocenters. The molecule has 0 aliphatic carbocycles. The van der Waals surface area contributed by atoms with Crippen LogP contribution in [0.3, 0.4) is 0 Å².